The maximum Gasteiger partial charge on any atom is 0.258 e. The molecule has 1 aliphatic rings. The Bertz CT molecular complexity index is 1290. The third-order valence-corrected chi connectivity index (χ3v) is 6.11. The molecule has 0 bridgehead atoms. The van der Waals surface area contributed by atoms with Crippen molar-refractivity contribution in [1.82, 2.24) is 20.4 Å². The Morgan fingerprint density at radius 3 is 2.83 bits per heavy atom. The molecule has 0 fully saturated rings. The Morgan fingerprint density at radius 2 is 2.11 bits per heavy atom. The molecule has 36 heavy (non-hydrogen) atoms. The summed E-state index contributed by atoms with van der Waals surface area (Å²) in [5.41, 5.74) is 5.47. The molecule has 0 unspecified atom stereocenters. The number of amides is 1. The van der Waals surface area contributed by atoms with E-state index in [1.165, 1.54) is 11.1 Å². The first kappa shape index (κ1) is 25.4. The van der Waals surface area contributed by atoms with E-state index < -0.39 is 6.10 Å². The van der Waals surface area contributed by atoms with Crippen molar-refractivity contribution in [2.45, 2.75) is 52.9 Å². The summed E-state index contributed by atoms with van der Waals surface area (Å²) in [4.78, 5) is 18.8. The zero-order valence-electron chi connectivity index (χ0n) is 21.0. The van der Waals surface area contributed by atoms with E-state index in [4.69, 9.17) is 9.26 Å². The van der Waals surface area contributed by atoms with Gasteiger partial charge in [-0.15, -0.1) is 0 Å². The molecule has 188 valence electrons. The highest BCUT2D eigenvalue weighted by Gasteiger charge is 2.23. The fourth-order valence-corrected chi connectivity index (χ4v) is 4.35. The lowest BCUT2D eigenvalue weighted by Crippen LogP contribution is -2.41. The Balaban J connectivity index is 1.51. The van der Waals surface area contributed by atoms with Gasteiger partial charge in [0.25, 0.3) is 5.89 Å². The second-order valence-electron chi connectivity index (χ2n) is 9.40. The van der Waals surface area contributed by atoms with E-state index >= 15 is 0 Å². The van der Waals surface area contributed by atoms with Gasteiger partial charge in [-0.25, -0.2) is 0 Å². The van der Waals surface area contributed by atoms with Crippen LogP contribution in [0.5, 0.6) is 5.75 Å². The molecular weight excluding hydrogens is 458 g/mol. The van der Waals surface area contributed by atoms with Crippen molar-refractivity contribution in [3.8, 4) is 34.7 Å². The number of aromatic nitrogens is 2. The minimum Gasteiger partial charge on any atom is -0.490 e. The van der Waals surface area contributed by atoms with Gasteiger partial charge in [0.15, 0.2) is 0 Å². The van der Waals surface area contributed by atoms with Crippen LogP contribution in [-0.2, 0) is 17.8 Å². The van der Waals surface area contributed by atoms with Crippen LogP contribution in [-0.4, -0.2) is 57.9 Å². The number of fused-ring (bicyclic) bond motifs is 1. The third-order valence-electron chi connectivity index (χ3n) is 6.11. The van der Waals surface area contributed by atoms with Crippen LogP contribution in [0, 0.1) is 18.3 Å². The summed E-state index contributed by atoms with van der Waals surface area (Å²) in [6, 6.07) is 11.5. The van der Waals surface area contributed by atoms with Gasteiger partial charge in [-0.3, -0.25) is 9.69 Å². The number of ether oxygens (including phenoxy) is 1. The monoisotopic (exact) mass is 489 g/mol. The largest absolute Gasteiger partial charge is 0.490 e. The van der Waals surface area contributed by atoms with Crippen molar-refractivity contribution in [2.75, 3.05) is 19.6 Å². The zero-order chi connectivity index (χ0) is 25.8. The number of aliphatic hydroxyl groups excluding tert-OH is 1. The molecule has 1 aromatic heterocycles. The van der Waals surface area contributed by atoms with Crippen molar-refractivity contribution in [3.63, 3.8) is 0 Å². The molecule has 4 rings (SSSR count). The van der Waals surface area contributed by atoms with E-state index in [1.54, 1.807) is 19.1 Å². The molecular formula is C27H31N5O4. The maximum absolute atomic E-state index is 12.1. The summed E-state index contributed by atoms with van der Waals surface area (Å²) in [5.74, 6) is 1.27. The first-order valence-electron chi connectivity index (χ1n) is 12.1. The highest BCUT2D eigenvalue weighted by Crippen LogP contribution is 2.32. The average Bonchev–Trinajstić information content (AvgIpc) is 3.33. The van der Waals surface area contributed by atoms with Crippen LogP contribution in [0.3, 0.4) is 0 Å². The Morgan fingerprint density at radius 1 is 1.31 bits per heavy atom. The maximum atomic E-state index is 12.1. The number of rotatable bonds is 8. The quantitative estimate of drug-likeness (QED) is 0.494. The number of nitrogens with zero attached hydrogens (tertiary/aromatic N) is 4. The third kappa shape index (κ3) is 5.73. The lowest BCUT2D eigenvalue weighted by atomic mass is 9.91. The second kappa shape index (κ2) is 10.9. The van der Waals surface area contributed by atoms with Gasteiger partial charge in [0.05, 0.1) is 24.3 Å². The number of carbonyl (C=O) groups is 1. The van der Waals surface area contributed by atoms with E-state index in [-0.39, 0.29) is 18.6 Å². The summed E-state index contributed by atoms with van der Waals surface area (Å²) in [5, 5.41) is 25.8. The fraction of sp³-hybridized carbons (Fsp3) is 0.407. The Labute approximate surface area is 210 Å². The van der Waals surface area contributed by atoms with E-state index in [2.05, 4.69) is 39.4 Å². The van der Waals surface area contributed by atoms with Gasteiger partial charge < -0.3 is 19.7 Å². The molecule has 0 radical (unpaired) electrons. The van der Waals surface area contributed by atoms with E-state index in [0.717, 1.165) is 24.1 Å². The molecule has 0 spiro atoms. The summed E-state index contributed by atoms with van der Waals surface area (Å²) in [6.45, 7) is 9.52. The van der Waals surface area contributed by atoms with Crippen molar-refractivity contribution < 1.29 is 19.2 Å². The van der Waals surface area contributed by atoms with Crippen molar-refractivity contribution in [1.29, 1.82) is 5.26 Å². The number of aliphatic hydroxyl groups is 1. The van der Waals surface area contributed by atoms with E-state index in [0.29, 0.717) is 41.7 Å². The molecule has 0 saturated carbocycles. The van der Waals surface area contributed by atoms with Crippen molar-refractivity contribution in [2.24, 2.45) is 0 Å². The number of hydrogen-bond acceptors (Lipinski definition) is 8. The van der Waals surface area contributed by atoms with Crippen LogP contribution >= 0.6 is 0 Å². The SMILES string of the molecule is Cc1c(-c2noc(-c3ccc(OC(C)C)c(C#N)c3)n2)ccc2c1CCN(CC(=O)NC[C@@H](C)O)C2. The standard InChI is InChI=1S/C27H31N5O4/c1-16(2)35-24-8-6-19(11-21(24)12-28)27-30-26(31-36-27)23-7-5-20-14-32(10-9-22(20)18(23)4)15-25(34)29-13-17(3)33/h5-8,11,16-17,33H,9-10,13-15H2,1-4H3,(H,29,34)/t17-/m1/s1. The lowest BCUT2D eigenvalue weighted by Gasteiger charge is -2.29. The van der Waals surface area contributed by atoms with Crippen LogP contribution in [0.25, 0.3) is 22.8 Å². The number of carbonyl (C=O) groups excluding carboxylic acids is 1. The smallest absolute Gasteiger partial charge is 0.258 e. The molecule has 1 atom stereocenters. The number of nitrogens with one attached hydrogen (secondary N) is 1. The first-order valence-corrected chi connectivity index (χ1v) is 12.1. The number of nitriles is 1. The van der Waals surface area contributed by atoms with E-state index in [9.17, 15) is 15.2 Å². The molecule has 1 amide bonds. The van der Waals surface area contributed by atoms with Gasteiger partial charge in [0.2, 0.25) is 11.7 Å². The first-order chi connectivity index (χ1) is 17.2. The number of benzene rings is 2. The molecule has 9 nitrogen and oxygen atoms in total. The molecule has 9 heteroatoms. The minimum absolute atomic E-state index is 0.0377. The molecule has 0 saturated heterocycles. The van der Waals surface area contributed by atoms with Crippen molar-refractivity contribution >= 4 is 5.91 Å². The molecule has 2 heterocycles. The lowest BCUT2D eigenvalue weighted by molar-refractivity contribution is -0.122. The second-order valence-corrected chi connectivity index (χ2v) is 9.40. The fourth-order valence-electron chi connectivity index (χ4n) is 4.35. The highest BCUT2D eigenvalue weighted by molar-refractivity contribution is 5.78. The summed E-state index contributed by atoms with van der Waals surface area (Å²) >= 11 is 0. The van der Waals surface area contributed by atoms with Crippen LogP contribution in [0.2, 0.25) is 0 Å². The summed E-state index contributed by atoms with van der Waals surface area (Å²) in [7, 11) is 0. The Hall–Kier alpha value is -3.74. The number of hydrogen-bond donors (Lipinski definition) is 2. The normalized spacial score (nSPS) is 14.2. The topological polar surface area (TPSA) is 125 Å². The highest BCUT2D eigenvalue weighted by atomic mass is 16.5. The van der Waals surface area contributed by atoms with Gasteiger partial charge >= 0.3 is 0 Å². The van der Waals surface area contributed by atoms with E-state index in [1.807, 2.05) is 26.0 Å². The molecule has 0 aliphatic carbocycles. The molecule has 2 N–H and O–H groups in total. The van der Waals surface area contributed by atoms with Gasteiger partial charge in [-0.1, -0.05) is 17.3 Å². The predicted molar refractivity (Wildman–Crippen MR) is 134 cm³/mol. The van der Waals surface area contributed by atoms with Crippen LogP contribution in [0.15, 0.2) is 34.9 Å². The predicted octanol–water partition coefficient (Wildman–Crippen LogP) is 3.23. The summed E-state index contributed by atoms with van der Waals surface area (Å²) in [6.07, 6.45) is 0.213. The van der Waals surface area contributed by atoms with Gasteiger partial charge in [-0.2, -0.15) is 10.2 Å². The molecule has 3 aromatic rings. The molecule has 1 aliphatic heterocycles. The average molecular weight is 490 g/mol. The summed E-state index contributed by atoms with van der Waals surface area (Å²) < 4.78 is 11.2. The van der Waals surface area contributed by atoms with Crippen molar-refractivity contribution in [3.05, 3.63) is 52.6 Å². The van der Waals surface area contributed by atoms with Crippen LogP contribution in [0.1, 0.15) is 43.0 Å². The zero-order valence-corrected chi connectivity index (χ0v) is 21.0. The van der Waals surface area contributed by atoms with Gasteiger partial charge in [0, 0.05) is 30.8 Å². The van der Waals surface area contributed by atoms with Crippen LogP contribution < -0.4 is 10.1 Å². The van der Waals surface area contributed by atoms with Gasteiger partial charge in [0.1, 0.15) is 11.8 Å². The Kier molecular flexibility index (Phi) is 7.67. The minimum atomic E-state index is -0.561. The van der Waals surface area contributed by atoms with Crippen LogP contribution in [0.4, 0.5) is 0 Å². The van der Waals surface area contributed by atoms with Gasteiger partial charge in [-0.05, 0) is 69.0 Å². The molecule has 2 aromatic carbocycles.